The monoisotopic (exact) mass is 491 g/mol. The number of carbonyl (C=O) groups is 1. The summed E-state index contributed by atoms with van der Waals surface area (Å²) in [6, 6.07) is 7.88. The van der Waals surface area contributed by atoms with Gasteiger partial charge in [-0.25, -0.2) is 0 Å². The first-order valence-electron chi connectivity index (χ1n) is 9.09. The van der Waals surface area contributed by atoms with Gasteiger partial charge in [0.2, 0.25) is 5.91 Å². The Labute approximate surface area is 180 Å². The Bertz CT molecular complexity index is 569. The van der Waals surface area contributed by atoms with Gasteiger partial charge in [-0.15, -0.1) is 24.0 Å². The predicted molar refractivity (Wildman–Crippen MR) is 123 cm³/mol. The van der Waals surface area contributed by atoms with Crippen LogP contribution in [0.5, 0.6) is 0 Å². The molecule has 0 atom stereocenters. The fourth-order valence-electron chi connectivity index (χ4n) is 2.41. The smallest absolute Gasteiger partial charge is 0.243 e. The zero-order chi connectivity index (χ0) is 19.2. The molecule has 0 saturated heterocycles. The Kier molecular flexibility index (Phi) is 14.8. The number of nitrogens with one attached hydrogen (secondary N) is 3. The number of hydrogen-bond acceptors (Lipinski definition) is 4. The van der Waals surface area contributed by atoms with Crippen LogP contribution in [0.3, 0.4) is 0 Å². The summed E-state index contributed by atoms with van der Waals surface area (Å²) in [5.74, 6) is 0.519. The fraction of sp³-hybridized carbons (Fsp3) is 0.579. The Morgan fingerprint density at radius 1 is 1.26 bits per heavy atom. The molecule has 1 aromatic carbocycles. The van der Waals surface area contributed by atoms with Crippen LogP contribution in [0, 0.1) is 0 Å². The number of nitrogens with zero attached hydrogens (tertiary/aromatic N) is 2. The summed E-state index contributed by atoms with van der Waals surface area (Å²) in [7, 11) is 5.49. The second-order valence-electron chi connectivity index (χ2n) is 6.10. The Morgan fingerprint density at radius 2 is 2.04 bits per heavy atom. The quantitative estimate of drug-likeness (QED) is 0.191. The summed E-state index contributed by atoms with van der Waals surface area (Å²) >= 11 is 0. The summed E-state index contributed by atoms with van der Waals surface area (Å²) < 4.78 is 5.05. The van der Waals surface area contributed by atoms with Gasteiger partial charge in [-0.1, -0.05) is 19.1 Å². The molecular weight excluding hydrogens is 457 g/mol. The number of benzene rings is 1. The third-order valence-electron chi connectivity index (χ3n) is 3.93. The first kappa shape index (κ1) is 25.6. The lowest BCUT2D eigenvalue weighted by atomic mass is 10.1. The number of rotatable bonds is 11. The van der Waals surface area contributed by atoms with E-state index in [2.05, 4.69) is 39.8 Å². The summed E-state index contributed by atoms with van der Waals surface area (Å²) in [6.45, 7) is 5.66. The second-order valence-corrected chi connectivity index (χ2v) is 6.10. The number of amides is 1. The van der Waals surface area contributed by atoms with E-state index in [1.54, 1.807) is 14.2 Å². The maximum atomic E-state index is 12.1. The zero-order valence-electron chi connectivity index (χ0n) is 16.9. The summed E-state index contributed by atoms with van der Waals surface area (Å²) in [4.78, 5) is 18.5. The van der Waals surface area contributed by atoms with E-state index in [0.29, 0.717) is 5.96 Å². The van der Waals surface area contributed by atoms with Crippen molar-refractivity contribution in [2.45, 2.75) is 19.8 Å². The van der Waals surface area contributed by atoms with E-state index in [1.807, 2.05) is 24.3 Å². The molecule has 1 amide bonds. The number of halogens is 1. The normalized spacial score (nSPS) is 11.1. The lowest BCUT2D eigenvalue weighted by molar-refractivity contribution is -0.115. The van der Waals surface area contributed by atoms with Gasteiger partial charge in [-0.3, -0.25) is 9.79 Å². The molecule has 0 aliphatic carbocycles. The van der Waals surface area contributed by atoms with E-state index in [1.165, 1.54) is 5.56 Å². The summed E-state index contributed by atoms with van der Waals surface area (Å²) in [6.07, 6.45) is 1.96. The van der Waals surface area contributed by atoms with Gasteiger partial charge >= 0.3 is 0 Å². The molecular formula is C19H34IN5O2. The molecule has 1 aromatic rings. The van der Waals surface area contributed by atoms with Crippen LogP contribution in [0.25, 0.3) is 0 Å². The highest BCUT2D eigenvalue weighted by atomic mass is 127. The minimum atomic E-state index is -0.0992. The Hall–Kier alpha value is -1.39. The van der Waals surface area contributed by atoms with Crippen LogP contribution in [0.2, 0.25) is 0 Å². The van der Waals surface area contributed by atoms with Crippen LogP contribution in [0.15, 0.2) is 29.3 Å². The molecule has 154 valence electrons. The highest BCUT2D eigenvalue weighted by Gasteiger charge is 2.05. The molecule has 0 spiro atoms. The number of aliphatic imine (C=N–C) groups is 1. The lowest BCUT2D eigenvalue weighted by Gasteiger charge is -2.18. The van der Waals surface area contributed by atoms with Crippen LogP contribution in [-0.2, 0) is 16.0 Å². The van der Waals surface area contributed by atoms with Crippen molar-refractivity contribution in [2.75, 3.05) is 59.3 Å². The molecule has 0 aliphatic rings. The van der Waals surface area contributed by atoms with E-state index in [4.69, 9.17) is 4.74 Å². The third-order valence-corrected chi connectivity index (χ3v) is 3.93. The van der Waals surface area contributed by atoms with E-state index in [0.717, 1.165) is 44.8 Å². The molecule has 7 nitrogen and oxygen atoms in total. The van der Waals surface area contributed by atoms with Crippen molar-refractivity contribution >= 4 is 41.5 Å². The number of hydrogen-bond donors (Lipinski definition) is 3. The first-order chi connectivity index (χ1) is 12.6. The fourth-order valence-corrected chi connectivity index (χ4v) is 2.41. The molecule has 3 N–H and O–H groups in total. The maximum Gasteiger partial charge on any atom is 0.243 e. The van der Waals surface area contributed by atoms with Crippen LogP contribution in [0.1, 0.15) is 18.9 Å². The molecule has 0 saturated carbocycles. The van der Waals surface area contributed by atoms with Gasteiger partial charge in [0.15, 0.2) is 5.96 Å². The minimum absolute atomic E-state index is 0. The highest BCUT2D eigenvalue weighted by molar-refractivity contribution is 14.0. The van der Waals surface area contributed by atoms with Gasteiger partial charge in [0.1, 0.15) is 0 Å². The van der Waals surface area contributed by atoms with E-state index in [-0.39, 0.29) is 36.4 Å². The maximum absolute atomic E-state index is 12.1. The van der Waals surface area contributed by atoms with E-state index < -0.39 is 0 Å². The number of aryl methyl sites for hydroxylation is 1. The van der Waals surface area contributed by atoms with Crippen LogP contribution in [-0.4, -0.2) is 70.8 Å². The molecule has 0 aromatic heterocycles. The average Bonchev–Trinajstić information content (AvgIpc) is 2.64. The van der Waals surface area contributed by atoms with Crippen molar-refractivity contribution in [3.63, 3.8) is 0 Å². The van der Waals surface area contributed by atoms with Crippen molar-refractivity contribution < 1.29 is 9.53 Å². The molecule has 0 radical (unpaired) electrons. The van der Waals surface area contributed by atoms with Gasteiger partial charge < -0.3 is 25.6 Å². The van der Waals surface area contributed by atoms with E-state index >= 15 is 0 Å². The molecule has 27 heavy (non-hydrogen) atoms. The first-order valence-corrected chi connectivity index (χ1v) is 9.09. The van der Waals surface area contributed by atoms with Gasteiger partial charge in [-0.2, -0.15) is 0 Å². The summed E-state index contributed by atoms with van der Waals surface area (Å²) in [5.41, 5.74) is 2.01. The average molecular weight is 491 g/mol. The number of likely N-dealkylation sites (N-methyl/N-ethyl adjacent to an activating group) is 1. The van der Waals surface area contributed by atoms with Crippen LogP contribution >= 0.6 is 24.0 Å². The molecule has 0 unspecified atom stereocenters. The van der Waals surface area contributed by atoms with Gasteiger partial charge in [-0.05, 0) is 37.6 Å². The molecule has 1 rings (SSSR count). The molecule has 0 heterocycles. The number of ether oxygens (including phenoxy) is 1. The highest BCUT2D eigenvalue weighted by Crippen LogP contribution is 2.10. The van der Waals surface area contributed by atoms with Crippen molar-refractivity contribution in [2.24, 2.45) is 4.99 Å². The number of anilines is 1. The number of methoxy groups -OCH3 is 1. The summed E-state index contributed by atoms with van der Waals surface area (Å²) in [5, 5.41) is 9.14. The van der Waals surface area contributed by atoms with Gasteiger partial charge in [0, 0.05) is 46.1 Å². The van der Waals surface area contributed by atoms with Crippen LogP contribution < -0.4 is 16.0 Å². The number of carbonyl (C=O) groups excluding carboxylic acids is 1. The Morgan fingerprint density at radius 3 is 2.70 bits per heavy atom. The topological polar surface area (TPSA) is 78.0 Å². The zero-order valence-corrected chi connectivity index (χ0v) is 19.2. The van der Waals surface area contributed by atoms with Crippen molar-refractivity contribution in [1.82, 2.24) is 15.5 Å². The van der Waals surface area contributed by atoms with E-state index in [9.17, 15) is 4.79 Å². The van der Waals surface area contributed by atoms with Crippen LogP contribution in [0.4, 0.5) is 5.69 Å². The SMILES string of the molecule is CCc1cccc(NC(=O)CNC(=NC)NCCN(C)CCCOC)c1.I. The Balaban J connectivity index is 0.00000676. The van der Waals surface area contributed by atoms with Gasteiger partial charge in [0.25, 0.3) is 0 Å². The van der Waals surface area contributed by atoms with Crippen molar-refractivity contribution in [3.05, 3.63) is 29.8 Å². The number of guanidine groups is 1. The van der Waals surface area contributed by atoms with Crippen molar-refractivity contribution in [1.29, 1.82) is 0 Å². The molecule has 0 fully saturated rings. The van der Waals surface area contributed by atoms with Crippen molar-refractivity contribution in [3.8, 4) is 0 Å². The third kappa shape index (κ3) is 11.8. The largest absolute Gasteiger partial charge is 0.385 e. The molecule has 0 bridgehead atoms. The minimum Gasteiger partial charge on any atom is -0.385 e. The predicted octanol–water partition coefficient (Wildman–Crippen LogP) is 1.94. The second kappa shape index (κ2) is 15.6. The molecule has 8 heteroatoms. The standard InChI is InChI=1S/C19H33N5O2.HI/c1-5-16-8-6-9-17(14-16)23-18(25)15-22-19(20-2)21-10-12-24(3)11-7-13-26-4;/h6,8-9,14H,5,7,10-13,15H2,1-4H3,(H,23,25)(H2,20,21,22);1H. The molecule has 0 aliphatic heterocycles. The van der Waals surface area contributed by atoms with Gasteiger partial charge in [0.05, 0.1) is 6.54 Å². The lowest BCUT2D eigenvalue weighted by Crippen LogP contribution is -2.43.